The van der Waals surface area contributed by atoms with Gasteiger partial charge in [-0.25, -0.2) is 4.68 Å². The summed E-state index contributed by atoms with van der Waals surface area (Å²) in [5.41, 5.74) is 6.02. The van der Waals surface area contributed by atoms with Crippen molar-refractivity contribution < 1.29 is 4.79 Å². The lowest BCUT2D eigenvalue weighted by atomic mass is 10.1. The number of aromatic nitrogens is 4. The van der Waals surface area contributed by atoms with Crippen LogP contribution in [0.3, 0.4) is 0 Å². The number of benzene rings is 2. The normalized spacial score (nSPS) is 13.9. The first-order valence-corrected chi connectivity index (χ1v) is 11.6. The van der Waals surface area contributed by atoms with Gasteiger partial charge in [-0.15, -0.1) is 5.10 Å². The molecule has 1 aliphatic heterocycles. The lowest BCUT2D eigenvalue weighted by Gasteiger charge is -2.36. The molecule has 5 rings (SSSR count). The number of pyridine rings is 1. The van der Waals surface area contributed by atoms with E-state index in [4.69, 9.17) is 11.6 Å². The molecule has 0 atom stereocenters. The average Bonchev–Trinajstić information content (AvgIpc) is 3.29. The van der Waals surface area contributed by atoms with E-state index in [1.54, 1.807) is 23.1 Å². The Morgan fingerprint density at radius 2 is 1.74 bits per heavy atom. The lowest BCUT2D eigenvalue weighted by Crippen LogP contribution is -2.49. The molecule has 172 valence electrons. The van der Waals surface area contributed by atoms with Gasteiger partial charge in [0.15, 0.2) is 5.69 Å². The first-order valence-electron chi connectivity index (χ1n) is 11.3. The molecular formula is C26H25ClN6O. The van der Waals surface area contributed by atoms with Crippen LogP contribution in [0.4, 0.5) is 5.69 Å². The molecule has 8 heteroatoms. The summed E-state index contributed by atoms with van der Waals surface area (Å²) >= 11 is 6.45. The maximum atomic E-state index is 13.6. The third-order valence-electron chi connectivity index (χ3n) is 6.15. The van der Waals surface area contributed by atoms with Crippen molar-refractivity contribution in [2.24, 2.45) is 0 Å². The highest BCUT2D eigenvalue weighted by atomic mass is 35.5. The summed E-state index contributed by atoms with van der Waals surface area (Å²) < 4.78 is 1.62. The monoisotopic (exact) mass is 472 g/mol. The predicted molar refractivity (Wildman–Crippen MR) is 134 cm³/mol. The summed E-state index contributed by atoms with van der Waals surface area (Å²) in [6.07, 6.45) is 3.40. The van der Waals surface area contributed by atoms with Gasteiger partial charge in [0.1, 0.15) is 5.69 Å². The number of para-hydroxylation sites is 1. The molecule has 4 aromatic rings. The van der Waals surface area contributed by atoms with Crippen LogP contribution in [0.2, 0.25) is 5.02 Å². The molecule has 3 heterocycles. The fraction of sp³-hybridized carbons (Fsp3) is 0.231. The highest BCUT2D eigenvalue weighted by Crippen LogP contribution is 2.29. The maximum absolute atomic E-state index is 13.6. The third kappa shape index (κ3) is 4.15. The number of anilines is 1. The van der Waals surface area contributed by atoms with Gasteiger partial charge >= 0.3 is 0 Å². The Morgan fingerprint density at radius 1 is 0.941 bits per heavy atom. The van der Waals surface area contributed by atoms with E-state index in [2.05, 4.69) is 52.2 Å². The number of piperazine rings is 1. The van der Waals surface area contributed by atoms with Gasteiger partial charge in [0.2, 0.25) is 0 Å². The second-order valence-corrected chi connectivity index (χ2v) is 8.87. The molecule has 0 bridgehead atoms. The van der Waals surface area contributed by atoms with Gasteiger partial charge in [0.25, 0.3) is 5.91 Å². The number of carbonyl (C=O) groups is 1. The van der Waals surface area contributed by atoms with Crippen molar-refractivity contribution in [3.63, 3.8) is 0 Å². The Morgan fingerprint density at radius 3 is 2.44 bits per heavy atom. The topological polar surface area (TPSA) is 67.2 Å². The molecule has 2 aromatic heterocycles. The van der Waals surface area contributed by atoms with Gasteiger partial charge < -0.3 is 9.80 Å². The predicted octanol–water partition coefficient (Wildman–Crippen LogP) is 4.56. The standard InChI is InChI=1S/C26H25ClN6O/c1-18-9-10-22(19(2)16-18)31-12-14-32(15-13-31)26(34)24-25(20-6-5-11-28-17-20)33(30-29-24)23-8-4-3-7-21(23)27/h3-11,16-17H,12-15H2,1-2H3. The molecule has 2 aromatic carbocycles. The van der Waals surface area contributed by atoms with Crippen LogP contribution in [0.15, 0.2) is 67.0 Å². The fourth-order valence-electron chi connectivity index (χ4n) is 4.44. The molecule has 0 saturated carbocycles. The summed E-state index contributed by atoms with van der Waals surface area (Å²) in [5, 5.41) is 9.15. The molecule has 1 fully saturated rings. The number of amides is 1. The Labute approximate surface area is 203 Å². The maximum Gasteiger partial charge on any atom is 0.276 e. The second-order valence-electron chi connectivity index (χ2n) is 8.46. The molecule has 34 heavy (non-hydrogen) atoms. The van der Waals surface area contributed by atoms with E-state index in [1.165, 1.54) is 16.8 Å². The number of hydrogen-bond donors (Lipinski definition) is 0. The number of rotatable bonds is 4. The molecule has 1 saturated heterocycles. The van der Waals surface area contributed by atoms with Crippen LogP contribution in [0.1, 0.15) is 21.6 Å². The van der Waals surface area contributed by atoms with Crippen LogP contribution >= 0.6 is 11.6 Å². The summed E-state index contributed by atoms with van der Waals surface area (Å²) in [6, 6.07) is 17.6. The number of halogens is 1. The van der Waals surface area contributed by atoms with E-state index in [0.29, 0.717) is 35.2 Å². The highest BCUT2D eigenvalue weighted by molar-refractivity contribution is 6.32. The quantitative estimate of drug-likeness (QED) is 0.435. The molecule has 0 unspecified atom stereocenters. The van der Waals surface area contributed by atoms with Crippen molar-refractivity contribution in [2.45, 2.75) is 13.8 Å². The van der Waals surface area contributed by atoms with Gasteiger partial charge in [-0.2, -0.15) is 0 Å². The summed E-state index contributed by atoms with van der Waals surface area (Å²) in [5.74, 6) is -0.141. The molecule has 0 aliphatic carbocycles. The SMILES string of the molecule is Cc1ccc(N2CCN(C(=O)c3nnn(-c4ccccc4Cl)c3-c3cccnc3)CC2)c(C)c1. The zero-order valence-corrected chi connectivity index (χ0v) is 19.9. The van der Waals surface area contributed by atoms with Gasteiger partial charge in [-0.05, 0) is 49.7 Å². The van der Waals surface area contributed by atoms with Crippen molar-refractivity contribution in [3.05, 3.63) is 88.8 Å². The van der Waals surface area contributed by atoms with Crippen LogP contribution in [0, 0.1) is 13.8 Å². The van der Waals surface area contributed by atoms with Gasteiger partial charge in [-0.1, -0.05) is 46.6 Å². The molecule has 7 nitrogen and oxygen atoms in total. The minimum atomic E-state index is -0.141. The van der Waals surface area contributed by atoms with Gasteiger partial charge in [0.05, 0.1) is 10.7 Å². The van der Waals surface area contributed by atoms with E-state index in [0.717, 1.165) is 18.7 Å². The van der Waals surface area contributed by atoms with Crippen LogP contribution in [0.5, 0.6) is 0 Å². The Balaban J connectivity index is 1.44. The van der Waals surface area contributed by atoms with Crippen molar-refractivity contribution >= 4 is 23.2 Å². The van der Waals surface area contributed by atoms with E-state index in [-0.39, 0.29) is 5.91 Å². The molecule has 0 radical (unpaired) electrons. The Kier molecular flexibility index (Phi) is 6.02. The molecule has 1 aliphatic rings. The summed E-state index contributed by atoms with van der Waals surface area (Å²) in [7, 11) is 0. The number of hydrogen-bond acceptors (Lipinski definition) is 5. The van der Waals surface area contributed by atoms with E-state index < -0.39 is 0 Å². The first kappa shape index (κ1) is 22.1. The van der Waals surface area contributed by atoms with Crippen molar-refractivity contribution in [3.8, 4) is 16.9 Å². The minimum absolute atomic E-state index is 0.141. The van der Waals surface area contributed by atoms with Crippen molar-refractivity contribution in [1.29, 1.82) is 0 Å². The Hall–Kier alpha value is -3.71. The van der Waals surface area contributed by atoms with Crippen LogP contribution < -0.4 is 4.90 Å². The van der Waals surface area contributed by atoms with E-state index in [9.17, 15) is 4.79 Å². The highest BCUT2D eigenvalue weighted by Gasteiger charge is 2.29. The zero-order valence-electron chi connectivity index (χ0n) is 19.1. The average molecular weight is 473 g/mol. The second kappa shape index (κ2) is 9.27. The summed E-state index contributed by atoms with van der Waals surface area (Å²) in [6.45, 7) is 6.97. The van der Waals surface area contributed by atoms with E-state index in [1.807, 2.05) is 35.2 Å². The van der Waals surface area contributed by atoms with Gasteiger partial charge in [-0.3, -0.25) is 9.78 Å². The fourth-order valence-corrected chi connectivity index (χ4v) is 4.66. The van der Waals surface area contributed by atoms with Crippen molar-refractivity contribution in [1.82, 2.24) is 24.9 Å². The molecule has 0 N–H and O–H groups in total. The van der Waals surface area contributed by atoms with E-state index >= 15 is 0 Å². The smallest absolute Gasteiger partial charge is 0.276 e. The first-order chi connectivity index (χ1) is 16.5. The molecule has 1 amide bonds. The van der Waals surface area contributed by atoms with Gasteiger partial charge in [0, 0.05) is 49.8 Å². The third-order valence-corrected chi connectivity index (χ3v) is 6.47. The van der Waals surface area contributed by atoms with Crippen LogP contribution in [-0.4, -0.2) is 57.0 Å². The largest absolute Gasteiger partial charge is 0.368 e. The lowest BCUT2D eigenvalue weighted by molar-refractivity contribution is 0.0741. The summed E-state index contributed by atoms with van der Waals surface area (Å²) in [4.78, 5) is 22.0. The molecule has 0 spiro atoms. The minimum Gasteiger partial charge on any atom is -0.368 e. The molecular weight excluding hydrogens is 448 g/mol. The van der Waals surface area contributed by atoms with Crippen LogP contribution in [-0.2, 0) is 0 Å². The zero-order chi connectivity index (χ0) is 23.7. The number of nitrogens with zero attached hydrogens (tertiary/aromatic N) is 6. The van der Waals surface area contributed by atoms with Crippen LogP contribution in [0.25, 0.3) is 16.9 Å². The van der Waals surface area contributed by atoms with Crippen molar-refractivity contribution in [2.75, 3.05) is 31.1 Å². The number of aryl methyl sites for hydroxylation is 2. The Bertz CT molecular complexity index is 1330. The number of carbonyl (C=O) groups excluding carboxylic acids is 1.